The van der Waals surface area contributed by atoms with Crippen LogP contribution in [0.1, 0.15) is 16.7 Å². The number of rotatable bonds is 3. The molecule has 0 aliphatic carbocycles. The van der Waals surface area contributed by atoms with Gasteiger partial charge in [0.25, 0.3) is 0 Å². The van der Waals surface area contributed by atoms with Crippen molar-refractivity contribution >= 4 is 10.8 Å². The molecule has 0 radical (unpaired) electrons. The van der Waals surface area contributed by atoms with Gasteiger partial charge in [0, 0.05) is 29.9 Å². The number of phenolic OH excluding ortho intramolecular Hbond substituents is 1. The largest absolute Gasteiger partial charge is 1.00 e. The number of phenols is 1. The summed E-state index contributed by atoms with van der Waals surface area (Å²) in [5, 5.41) is 12.3. The van der Waals surface area contributed by atoms with E-state index in [1.165, 1.54) is 19.2 Å². The van der Waals surface area contributed by atoms with Gasteiger partial charge in [0.15, 0.2) is 35.7 Å². The third kappa shape index (κ3) is 3.47. The van der Waals surface area contributed by atoms with Crippen LogP contribution in [0.3, 0.4) is 0 Å². The fourth-order valence-electron chi connectivity index (χ4n) is 4.91. The number of hydrogen-bond acceptors (Lipinski definition) is 4. The van der Waals surface area contributed by atoms with Crippen molar-refractivity contribution in [3.05, 3.63) is 77.0 Å². The molecule has 3 heterocycles. The predicted molar refractivity (Wildman–Crippen MR) is 117 cm³/mol. The Balaban J connectivity index is 0.00000241. The lowest BCUT2D eigenvalue weighted by Crippen LogP contribution is -3.00. The topological polar surface area (TPSA) is 51.8 Å². The monoisotopic (exact) mass is 483 g/mol. The number of halogens is 3. The van der Waals surface area contributed by atoms with Crippen LogP contribution in [0.15, 0.2) is 48.7 Å². The van der Waals surface area contributed by atoms with Gasteiger partial charge >= 0.3 is 0 Å². The molecule has 8 heteroatoms. The first-order chi connectivity index (χ1) is 16.0. The van der Waals surface area contributed by atoms with Gasteiger partial charge in [-0.2, -0.15) is 4.57 Å². The smallest absolute Gasteiger partial charge is 0.231 e. The van der Waals surface area contributed by atoms with Gasteiger partial charge in [0.2, 0.25) is 12.5 Å². The Morgan fingerprint density at radius 3 is 2.47 bits per heavy atom. The minimum Gasteiger partial charge on any atom is -1.00 e. The Kier molecular flexibility index (Phi) is 5.44. The van der Waals surface area contributed by atoms with Gasteiger partial charge in [0.05, 0.1) is 18.1 Å². The zero-order valence-electron chi connectivity index (χ0n) is 18.2. The van der Waals surface area contributed by atoms with Crippen molar-refractivity contribution in [2.24, 2.45) is 0 Å². The number of aryl methyl sites for hydroxylation is 2. The number of ether oxygens (including phenoxy) is 3. The third-order valence-corrected chi connectivity index (χ3v) is 6.36. The van der Waals surface area contributed by atoms with Crippen LogP contribution in [0, 0.1) is 11.6 Å². The lowest BCUT2D eigenvalue weighted by Gasteiger charge is -2.20. The van der Waals surface area contributed by atoms with E-state index in [0.29, 0.717) is 29.0 Å². The molecule has 0 atom stereocenters. The number of aromatic nitrogens is 1. The van der Waals surface area contributed by atoms with Crippen LogP contribution in [0.5, 0.6) is 23.0 Å². The molecule has 0 saturated carbocycles. The summed E-state index contributed by atoms with van der Waals surface area (Å²) in [4.78, 5) is 0. The standard InChI is InChI=1S/C26H19F2NO4.ClH/c1-31-22-3-2-18-20(8-14-6-16(27)10-17(28)7-14)25-19-11-24-23(32-13-33-24)9-15(19)4-5-29(25)12-21(18)26(22)30;/h2-3,6-7,9-12H,4-5,8,13H2,1H3;1H. The maximum atomic E-state index is 14.0. The third-order valence-electron chi connectivity index (χ3n) is 6.36. The molecule has 0 unspecified atom stereocenters. The highest BCUT2D eigenvalue weighted by Crippen LogP contribution is 2.43. The lowest BCUT2D eigenvalue weighted by atomic mass is 9.88. The van der Waals surface area contributed by atoms with Crippen LogP contribution < -0.4 is 31.2 Å². The van der Waals surface area contributed by atoms with E-state index in [2.05, 4.69) is 4.57 Å². The molecule has 1 aromatic heterocycles. The summed E-state index contributed by atoms with van der Waals surface area (Å²) in [5.74, 6) is 0.542. The molecule has 1 N–H and O–H groups in total. The minimum atomic E-state index is -0.625. The average molecular weight is 484 g/mol. The first-order valence-corrected chi connectivity index (χ1v) is 10.6. The highest BCUT2D eigenvalue weighted by atomic mass is 35.5. The number of fused-ring (bicyclic) bond motifs is 5. The van der Waals surface area contributed by atoms with Crippen molar-refractivity contribution in [1.29, 1.82) is 0 Å². The highest BCUT2D eigenvalue weighted by molar-refractivity contribution is 5.95. The molecule has 6 rings (SSSR count). The van der Waals surface area contributed by atoms with Gasteiger partial charge in [-0.05, 0) is 47.5 Å². The molecule has 4 aromatic rings. The number of aromatic hydroxyl groups is 1. The number of methoxy groups -OCH3 is 1. The van der Waals surface area contributed by atoms with Crippen LogP contribution >= 0.6 is 0 Å². The average Bonchev–Trinajstić information content (AvgIpc) is 3.24. The first kappa shape index (κ1) is 22.2. The van der Waals surface area contributed by atoms with Crippen molar-refractivity contribution in [2.75, 3.05) is 13.9 Å². The number of benzene rings is 3. The predicted octanol–water partition coefficient (Wildman–Crippen LogP) is 1.67. The zero-order valence-corrected chi connectivity index (χ0v) is 19.0. The van der Waals surface area contributed by atoms with Gasteiger partial charge in [-0.25, -0.2) is 8.78 Å². The molecule has 0 bridgehead atoms. The van der Waals surface area contributed by atoms with E-state index in [0.717, 1.165) is 46.0 Å². The molecule has 34 heavy (non-hydrogen) atoms. The van der Waals surface area contributed by atoms with Gasteiger partial charge in [-0.3, -0.25) is 0 Å². The molecule has 0 amide bonds. The summed E-state index contributed by atoms with van der Waals surface area (Å²) in [6.45, 7) is 0.859. The summed E-state index contributed by atoms with van der Waals surface area (Å²) in [6.07, 6.45) is 2.96. The molecule has 0 spiro atoms. The van der Waals surface area contributed by atoms with Gasteiger partial charge in [-0.1, -0.05) is 0 Å². The number of nitrogens with zero attached hydrogens (tertiary/aromatic N) is 1. The maximum absolute atomic E-state index is 14.0. The molecular formula is C26H20ClF2NO4. The summed E-state index contributed by atoms with van der Waals surface area (Å²) in [6, 6.07) is 11.1. The van der Waals surface area contributed by atoms with Crippen molar-refractivity contribution in [3.8, 4) is 34.3 Å². The highest BCUT2D eigenvalue weighted by Gasteiger charge is 2.32. The molecule has 174 valence electrons. The van der Waals surface area contributed by atoms with Crippen molar-refractivity contribution in [3.63, 3.8) is 0 Å². The second-order valence-corrected chi connectivity index (χ2v) is 8.29. The van der Waals surface area contributed by atoms with E-state index in [-0.39, 0.29) is 31.4 Å². The molecule has 2 aliphatic heterocycles. The zero-order chi connectivity index (χ0) is 22.7. The van der Waals surface area contributed by atoms with Crippen LogP contribution in [-0.4, -0.2) is 19.0 Å². The Morgan fingerprint density at radius 2 is 1.74 bits per heavy atom. The molecular weight excluding hydrogens is 464 g/mol. The number of hydrogen-bond donors (Lipinski definition) is 1. The Labute approximate surface area is 200 Å². The van der Waals surface area contributed by atoms with E-state index in [9.17, 15) is 13.9 Å². The molecule has 2 aliphatic rings. The summed E-state index contributed by atoms with van der Waals surface area (Å²) < 4.78 is 46.6. The Hall–Kier alpha value is -3.58. The van der Waals surface area contributed by atoms with Crippen molar-refractivity contribution < 1.29 is 45.1 Å². The molecule has 0 saturated heterocycles. The summed E-state index contributed by atoms with van der Waals surface area (Å²) in [5.41, 5.74) is 4.38. The fourth-order valence-corrected chi connectivity index (χ4v) is 4.91. The second-order valence-electron chi connectivity index (χ2n) is 8.29. The van der Waals surface area contributed by atoms with E-state index >= 15 is 0 Å². The normalized spacial score (nSPS) is 13.3. The summed E-state index contributed by atoms with van der Waals surface area (Å²) in [7, 11) is 1.50. The lowest BCUT2D eigenvalue weighted by molar-refractivity contribution is -0.686. The Bertz CT molecular complexity index is 1440. The number of pyridine rings is 1. The summed E-state index contributed by atoms with van der Waals surface area (Å²) >= 11 is 0. The van der Waals surface area contributed by atoms with E-state index in [1.807, 2.05) is 24.4 Å². The van der Waals surface area contributed by atoms with Crippen LogP contribution in [0.25, 0.3) is 22.0 Å². The van der Waals surface area contributed by atoms with Gasteiger partial charge in [0.1, 0.15) is 11.6 Å². The molecule has 0 fully saturated rings. The second kappa shape index (κ2) is 8.33. The van der Waals surface area contributed by atoms with Crippen LogP contribution in [0.4, 0.5) is 8.78 Å². The van der Waals surface area contributed by atoms with Crippen molar-refractivity contribution in [2.45, 2.75) is 19.4 Å². The van der Waals surface area contributed by atoms with E-state index in [4.69, 9.17) is 14.2 Å². The van der Waals surface area contributed by atoms with Gasteiger partial charge in [-0.15, -0.1) is 0 Å². The van der Waals surface area contributed by atoms with Crippen LogP contribution in [-0.2, 0) is 19.4 Å². The SMILES string of the molecule is COc1ccc2c(Cc3cc(F)cc(F)c3)c3[n+](cc2c1O)CCc1cc2c(cc1-3)OCO2.[Cl-]. The first-order valence-electron chi connectivity index (χ1n) is 10.6. The van der Waals surface area contributed by atoms with Crippen molar-refractivity contribution in [1.82, 2.24) is 0 Å². The maximum Gasteiger partial charge on any atom is 0.231 e. The minimum absolute atomic E-state index is 0. The van der Waals surface area contributed by atoms with Crippen LogP contribution in [0.2, 0.25) is 0 Å². The fraction of sp³-hybridized carbons (Fsp3) is 0.192. The molecule has 5 nitrogen and oxygen atoms in total. The molecule has 3 aromatic carbocycles. The van der Waals surface area contributed by atoms with E-state index < -0.39 is 11.6 Å². The van der Waals surface area contributed by atoms with E-state index in [1.54, 1.807) is 6.07 Å². The quantitative estimate of drug-likeness (QED) is 0.450. The Morgan fingerprint density at radius 1 is 1.00 bits per heavy atom. The van der Waals surface area contributed by atoms with Gasteiger partial charge < -0.3 is 31.7 Å².